The molecule has 1 aliphatic heterocycles. The average molecular weight is 348 g/mol. The van der Waals surface area contributed by atoms with Gasteiger partial charge in [-0.3, -0.25) is 10.1 Å². The van der Waals surface area contributed by atoms with Crippen molar-refractivity contribution < 1.29 is 4.92 Å². The highest BCUT2D eigenvalue weighted by atomic mass is 35.5. The molecule has 0 aliphatic carbocycles. The van der Waals surface area contributed by atoms with Crippen LogP contribution in [-0.2, 0) is 0 Å². The number of hydrogen-bond acceptors (Lipinski definition) is 6. The van der Waals surface area contributed by atoms with E-state index in [9.17, 15) is 10.1 Å². The van der Waals surface area contributed by atoms with E-state index in [4.69, 9.17) is 11.6 Å². The molecule has 0 amide bonds. The lowest BCUT2D eigenvalue weighted by Crippen LogP contribution is -2.35. The molecule has 7 nitrogen and oxygen atoms in total. The van der Waals surface area contributed by atoms with Gasteiger partial charge in [-0.1, -0.05) is 24.6 Å². The second-order valence-corrected chi connectivity index (χ2v) is 6.42. The minimum atomic E-state index is -0.429. The maximum Gasteiger partial charge on any atom is 0.353 e. The quantitative estimate of drug-likeness (QED) is 0.664. The Bertz CT molecular complexity index is 755. The molecule has 1 N–H and O–H groups in total. The number of piperidine rings is 1. The zero-order valence-corrected chi connectivity index (χ0v) is 14.0. The second kappa shape index (κ2) is 7.00. The Morgan fingerprint density at radius 3 is 2.96 bits per heavy atom. The number of nitrogens with one attached hydrogen (secondary N) is 1. The van der Waals surface area contributed by atoms with Crippen molar-refractivity contribution in [2.75, 3.05) is 23.3 Å². The Labute approximate surface area is 144 Å². The Morgan fingerprint density at radius 2 is 2.25 bits per heavy atom. The number of halogens is 1. The molecule has 2 aromatic rings. The number of hydrogen-bond donors (Lipinski definition) is 1. The van der Waals surface area contributed by atoms with E-state index in [2.05, 4.69) is 22.2 Å². The first-order chi connectivity index (χ1) is 11.5. The van der Waals surface area contributed by atoms with Gasteiger partial charge in [0.2, 0.25) is 11.6 Å². The topological polar surface area (TPSA) is 84.2 Å². The fourth-order valence-electron chi connectivity index (χ4n) is 2.95. The molecule has 0 radical (unpaired) electrons. The van der Waals surface area contributed by atoms with Crippen molar-refractivity contribution in [2.45, 2.75) is 19.8 Å². The van der Waals surface area contributed by atoms with Crippen molar-refractivity contribution >= 4 is 34.6 Å². The standard InChI is InChI=1S/C16H18ClN5O2/c1-11-4-3-7-21(9-11)16-14(22(23)24)15(18-10-19-16)20-13-6-2-5-12(17)8-13/h2,5-6,8,10-11H,3-4,7,9H2,1H3,(H,18,19,20). The zero-order chi connectivity index (χ0) is 17.1. The fourth-order valence-corrected chi connectivity index (χ4v) is 3.14. The molecule has 1 fully saturated rings. The predicted octanol–water partition coefficient (Wildman–Crippen LogP) is 4.02. The van der Waals surface area contributed by atoms with Gasteiger partial charge >= 0.3 is 5.69 Å². The number of aromatic nitrogens is 2. The molecule has 3 rings (SSSR count). The lowest BCUT2D eigenvalue weighted by Gasteiger charge is -2.31. The Balaban J connectivity index is 1.97. The Kier molecular flexibility index (Phi) is 4.80. The van der Waals surface area contributed by atoms with Gasteiger partial charge in [-0.2, -0.15) is 0 Å². The van der Waals surface area contributed by atoms with Crippen LogP contribution in [-0.4, -0.2) is 28.0 Å². The van der Waals surface area contributed by atoms with Crippen LogP contribution < -0.4 is 10.2 Å². The monoisotopic (exact) mass is 347 g/mol. The van der Waals surface area contributed by atoms with Gasteiger partial charge in [-0.25, -0.2) is 9.97 Å². The van der Waals surface area contributed by atoms with Crippen LogP contribution in [0, 0.1) is 16.0 Å². The number of anilines is 3. The zero-order valence-electron chi connectivity index (χ0n) is 13.3. The summed E-state index contributed by atoms with van der Waals surface area (Å²) < 4.78 is 0. The largest absolute Gasteiger partial charge is 0.353 e. The lowest BCUT2D eigenvalue weighted by molar-refractivity contribution is -0.383. The van der Waals surface area contributed by atoms with Crippen LogP contribution in [0.3, 0.4) is 0 Å². The summed E-state index contributed by atoms with van der Waals surface area (Å²) in [6.45, 7) is 3.66. The van der Waals surface area contributed by atoms with E-state index in [0.29, 0.717) is 22.4 Å². The summed E-state index contributed by atoms with van der Waals surface area (Å²) in [5.74, 6) is 1.02. The maximum atomic E-state index is 11.7. The fraction of sp³-hybridized carbons (Fsp3) is 0.375. The molecule has 0 saturated carbocycles. The van der Waals surface area contributed by atoms with Crippen molar-refractivity contribution in [1.29, 1.82) is 0 Å². The van der Waals surface area contributed by atoms with Crippen molar-refractivity contribution in [3.8, 4) is 0 Å². The minimum Gasteiger partial charge on any atom is -0.350 e. The SMILES string of the molecule is CC1CCCN(c2ncnc(Nc3cccc(Cl)c3)c2[N+](=O)[O-])C1. The molecular weight excluding hydrogens is 330 g/mol. The van der Waals surface area contributed by atoms with Gasteiger partial charge in [-0.15, -0.1) is 0 Å². The normalized spacial score (nSPS) is 17.6. The molecule has 1 aliphatic rings. The molecular formula is C16H18ClN5O2. The van der Waals surface area contributed by atoms with Crippen LogP contribution in [0.5, 0.6) is 0 Å². The van der Waals surface area contributed by atoms with Crippen LogP contribution in [0.1, 0.15) is 19.8 Å². The summed E-state index contributed by atoms with van der Waals surface area (Å²) in [5.41, 5.74) is 0.536. The molecule has 1 aromatic heterocycles. The molecule has 1 aromatic carbocycles. The number of nitro groups is 1. The Hall–Kier alpha value is -2.41. The summed E-state index contributed by atoms with van der Waals surface area (Å²) in [6, 6.07) is 6.98. The first-order valence-electron chi connectivity index (χ1n) is 7.81. The summed E-state index contributed by atoms with van der Waals surface area (Å²) in [7, 11) is 0. The summed E-state index contributed by atoms with van der Waals surface area (Å²) >= 11 is 5.97. The molecule has 2 heterocycles. The third kappa shape index (κ3) is 3.56. The first kappa shape index (κ1) is 16.4. The molecule has 8 heteroatoms. The van der Waals surface area contributed by atoms with Crippen LogP contribution in [0.2, 0.25) is 5.02 Å². The number of benzene rings is 1. The van der Waals surface area contributed by atoms with Crippen molar-refractivity contribution in [3.05, 3.63) is 45.7 Å². The molecule has 1 atom stereocenters. The van der Waals surface area contributed by atoms with Crippen molar-refractivity contribution in [1.82, 2.24) is 9.97 Å². The Morgan fingerprint density at radius 1 is 1.42 bits per heavy atom. The summed E-state index contributed by atoms with van der Waals surface area (Å²) in [6.07, 6.45) is 3.48. The lowest BCUT2D eigenvalue weighted by atomic mass is 10.0. The highest BCUT2D eigenvalue weighted by Gasteiger charge is 2.29. The van der Waals surface area contributed by atoms with Crippen molar-refractivity contribution in [3.63, 3.8) is 0 Å². The van der Waals surface area contributed by atoms with E-state index in [1.807, 2.05) is 4.90 Å². The molecule has 0 bridgehead atoms. The minimum absolute atomic E-state index is 0.105. The third-order valence-electron chi connectivity index (χ3n) is 4.03. The highest BCUT2D eigenvalue weighted by molar-refractivity contribution is 6.30. The van der Waals surface area contributed by atoms with Gasteiger partial charge in [0.25, 0.3) is 0 Å². The molecule has 1 saturated heterocycles. The van der Waals surface area contributed by atoms with Gasteiger partial charge in [0.05, 0.1) is 4.92 Å². The summed E-state index contributed by atoms with van der Waals surface area (Å²) in [5, 5.41) is 15.2. The smallest absolute Gasteiger partial charge is 0.350 e. The molecule has 126 valence electrons. The van der Waals surface area contributed by atoms with Gasteiger partial charge < -0.3 is 10.2 Å². The van der Waals surface area contributed by atoms with Crippen LogP contribution in [0.4, 0.5) is 23.0 Å². The first-order valence-corrected chi connectivity index (χ1v) is 8.19. The van der Waals surface area contributed by atoms with Gasteiger partial charge in [-0.05, 0) is 37.0 Å². The van der Waals surface area contributed by atoms with Crippen LogP contribution >= 0.6 is 11.6 Å². The maximum absolute atomic E-state index is 11.7. The van der Waals surface area contributed by atoms with Gasteiger partial charge in [0, 0.05) is 23.8 Å². The second-order valence-electron chi connectivity index (χ2n) is 5.98. The van der Waals surface area contributed by atoms with E-state index >= 15 is 0 Å². The molecule has 24 heavy (non-hydrogen) atoms. The van der Waals surface area contributed by atoms with Gasteiger partial charge in [0.15, 0.2) is 0 Å². The van der Waals surface area contributed by atoms with E-state index in [0.717, 1.165) is 25.9 Å². The predicted molar refractivity (Wildman–Crippen MR) is 94.0 cm³/mol. The molecule has 1 unspecified atom stereocenters. The van der Waals surface area contributed by atoms with E-state index in [1.165, 1.54) is 6.33 Å². The van der Waals surface area contributed by atoms with Crippen LogP contribution in [0.25, 0.3) is 0 Å². The van der Waals surface area contributed by atoms with Gasteiger partial charge in [0.1, 0.15) is 6.33 Å². The number of rotatable bonds is 4. The van der Waals surface area contributed by atoms with E-state index in [1.54, 1.807) is 24.3 Å². The average Bonchev–Trinajstić information content (AvgIpc) is 2.54. The van der Waals surface area contributed by atoms with Crippen molar-refractivity contribution in [2.24, 2.45) is 5.92 Å². The highest BCUT2D eigenvalue weighted by Crippen LogP contribution is 2.35. The van der Waals surface area contributed by atoms with Crippen LogP contribution in [0.15, 0.2) is 30.6 Å². The summed E-state index contributed by atoms with van der Waals surface area (Å²) in [4.78, 5) is 21.4. The molecule has 0 spiro atoms. The van der Waals surface area contributed by atoms with E-state index < -0.39 is 4.92 Å². The number of nitrogens with zero attached hydrogens (tertiary/aromatic N) is 4. The van der Waals surface area contributed by atoms with E-state index in [-0.39, 0.29) is 11.5 Å². The third-order valence-corrected chi connectivity index (χ3v) is 4.26.